The molecule has 16 heavy (non-hydrogen) atoms. The molecule has 2 bridgehead atoms. The van der Waals surface area contributed by atoms with Crippen LogP contribution in [-0.2, 0) is 6.42 Å². The average Bonchev–Trinajstić information content (AvgIpc) is 2.62. The van der Waals surface area contributed by atoms with Crippen LogP contribution in [0.5, 0.6) is 0 Å². The van der Waals surface area contributed by atoms with Crippen LogP contribution < -0.4 is 0 Å². The van der Waals surface area contributed by atoms with Crippen LogP contribution >= 0.6 is 0 Å². The van der Waals surface area contributed by atoms with Crippen molar-refractivity contribution in [2.24, 2.45) is 17.3 Å². The molecule has 5 rings (SSSR count). The summed E-state index contributed by atoms with van der Waals surface area (Å²) in [7, 11) is 0. The van der Waals surface area contributed by atoms with E-state index in [9.17, 15) is 0 Å². The Kier molecular flexibility index (Phi) is 1.09. The minimum absolute atomic E-state index is 0.755. The first-order valence-corrected chi connectivity index (χ1v) is 6.58. The number of allylic oxidation sites excluding steroid dienone is 2. The van der Waals surface area contributed by atoms with Crippen molar-refractivity contribution in [2.75, 3.05) is 0 Å². The Labute approximate surface area is 96.4 Å². The van der Waals surface area contributed by atoms with Gasteiger partial charge >= 0.3 is 0 Å². The van der Waals surface area contributed by atoms with E-state index in [0.29, 0.717) is 0 Å². The Morgan fingerprint density at radius 3 is 3.19 bits per heavy atom. The van der Waals surface area contributed by atoms with Gasteiger partial charge in [-0.15, -0.1) is 0 Å². The molecule has 4 atom stereocenters. The number of hydrogen-bond acceptors (Lipinski definition) is 0. The Balaban J connectivity index is 1.77. The molecular formula is C16H16. The molecule has 1 aromatic carbocycles. The Morgan fingerprint density at radius 1 is 1.31 bits per heavy atom. The molecule has 2 fully saturated rings. The van der Waals surface area contributed by atoms with Gasteiger partial charge in [0.2, 0.25) is 0 Å². The lowest BCUT2D eigenvalue weighted by atomic mass is 9.83. The van der Waals surface area contributed by atoms with E-state index in [1.807, 2.05) is 0 Å². The molecule has 2 saturated carbocycles. The molecule has 80 valence electrons. The second-order valence-electron chi connectivity index (χ2n) is 6.39. The van der Waals surface area contributed by atoms with Gasteiger partial charge in [-0.3, -0.25) is 0 Å². The Bertz CT molecular complexity index is 551. The highest BCUT2D eigenvalue weighted by molar-refractivity contribution is 5.54. The van der Waals surface area contributed by atoms with Gasteiger partial charge in [0.05, 0.1) is 0 Å². The Hall–Kier alpha value is -1.04. The molecule has 4 aliphatic carbocycles. The van der Waals surface area contributed by atoms with Crippen LogP contribution in [0.2, 0.25) is 0 Å². The quantitative estimate of drug-likeness (QED) is 0.571. The molecule has 4 unspecified atom stereocenters. The van der Waals surface area contributed by atoms with E-state index in [1.54, 1.807) is 16.7 Å². The topological polar surface area (TPSA) is 0 Å². The fourth-order valence-corrected chi connectivity index (χ4v) is 5.09. The third kappa shape index (κ3) is 0.661. The van der Waals surface area contributed by atoms with E-state index >= 15 is 0 Å². The van der Waals surface area contributed by atoms with Crippen LogP contribution in [0.1, 0.15) is 35.4 Å². The highest BCUT2D eigenvalue weighted by Gasteiger charge is 2.69. The van der Waals surface area contributed by atoms with Crippen LogP contribution in [0.4, 0.5) is 0 Å². The zero-order valence-electron chi connectivity index (χ0n) is 9.66. The largest absolute Gasteiger partial charge is 0.0810 e. The van der Waals surface area contributed by atoms with Gasteiger partial charge in [0, 0.05) is 5.92 Å². The summed E-state index contributed by atoms with van der Waals surface area (Å²) in [6.07, 6.45) is 6.95. The smallest absolute Gasteiger partial charge is 0.00883 e. The summed E-state index contributed by atoms with van der Waals surface area (Å²) in [4.78, 5) is 0. The zero-order chi connectivity index (χ0) is 10.5. The number of hydrogen-bond donors (Lipinski definition) is 0. The second-order valence-corrected chi connectivity index (χ2v) is 6.39. The van der Waals surface area contributed by atoms with Gasteiger partial charge in [-0.25, -0.2) is 0 Å². The van der Waals surface area contributed by atoms with Gasteiger partial charge in [-0.05, 0) is 60.1 Å². The first-order chi connectivity index (χ1) is 7.79. The van der Waals surface area contributed by atoms with Crippen molar-refractivity contribution in [3.05, 3.63) is 46.5 Å². The zero-order valence-corrected chi connectivity index (χ0v) is 9.66. The van der Waals surface area contributed by atoms with E-state index < -0.39 is 0 Å². The monoisotopic (exact) mass is 208 g/mol. The first kappa shape index (κ1) is 8.11. The first-order valence-electron chi connectivity index (χ1n) is 6.58. The fourth-order valence-electron chi connectivity index (χ4n) is 5.09. The predicted octanol–water partition coefficient (Wildman–Crippen LogP) is 3.60. The summed E-state index contributed by atoms with van der Waals surface area (Å²) >= 11 is 0. The van der Waals surface area contributed by atoms with E-state index in [4.69, 9.17) is 0 Å². The van der Waals surface area contributed by atoms with Crippen LogP contribution in [-0.4, -0.2) is 0 Å². The van der Waals surface area contributed by atoms with Crippen molar-refractivity contribution in [2.45, 2.75) is 32.1 Å². The maximum Gasteiger partial charge on any atom is 0.00883 e. The van der Waals surface area contributed by atoms with Crippen molar-refractivity contribution < 1.29 is 0 Å². The lowest BCUT2D eigenvalue weighted by Gasteiger charge is -2.20. The minimum atomic E-state index is 0.755. The molecule has 0 N–H and O–H groups in total. The number of benzene rings is 1. The van der Waals surface area contributed by atoms with Crippen molar-refractivity contribution >= 4 is 0 Å². The van der Waals surface area contributed by atoms with Gasteiger partial charge in [-0.1, -0.05) is 29.8 Å². The van der Waals surface area contributed by atoms with Gasteiger partial charge < -0.3 is 0 Å². The molecule has 0 aliphatic heterocycles. The molecule has 0 aromatic heterocycles. The van der Waals surface area contributed by atoms with Crippen LogP contribution in [0.25, 0.3) is 0 Å². The maximum absolute atomic E-state index is 2.62. The average molecular weight is 208 g/mol. The molecule has 0 amide bonds. The van der Waals surface area contributed by atoms with Crippen molar-refractivity contribution in [1.82, 2.24) is 0 Å². The van der Waals surface area contributed by atoms with Gasteiger partial charge in [0.1, 0.15) is 0 Å². The van der Waals surface area contributed by atoms with Crippen LogP contribution in [0, 0.1) is 24.2 Å². The summed E-state index contributed by atoms with van der Waals surface area (Å²) < 4.78 is 0. The van der Waals surface area contributed by atoms with Crippen molar-refractivity contribution in [1.29, 1.82) is 0 Å². The van der Waals surface area contributed by atoms with Gasteiger partial charge in [-0.2, -0.15) is 0 Å². The fraction of sp³-hybridized carbons (Fsp3) is 0.500. The van der Waals surface area contributed by atoms with Gasteiger partial charge in [0.15, 0.2) is 0 Å². The Morgan fingerprint density at radius 2 is 2.25 bits per heavy atom. The molecule has 0 nitrogen and oxygen atoms in total. The highest BCUT2D eigenvalue weighted by atomic mass is 14.7. The lowest BCUT2D eigenvalue weighted by Crippen LogP contribution is -2.14. The SMILES string of the molecule is Cc1cccc2c1CC1C2C2=CC3CC31C2. The predicted molar refractivity (Wildman–Crippen MR) is 64.4 cm³/mol. The van der Waals surface area contributed by atoms with E-state index in [0.717, 1.165) is 23.2 Å². The highest BCUT2D eigenvalue weighted by Crippen LogP contribution is 2.78. The van der Waals surface area contributed by atoms with Crippen LogP contribution in [0.15, 0.2) is 29.8 Å². The van der Waals surface area contributed by atoms with Crippen molar-refractivity contribution in [3.8, 4) is 0 Å². The molecule has 0 saturated heterocycles. The molecule has 1 aromatic rings. The molecule has 0 heteroatoms. The van der Waals surface area contributed by atoms with Crippen molar-refractivity contribution in [3.63, 3.8) is 0 Å². The molecule has 4 aliphatic rings. The molecule has 0 heterocycles. The van der Waals surface area contributed by atoms with Crippen LogP contribution in [0.3, 0.4) is 0 Å². The molecule has 1 spiro atoms. The summed E-state index contributed by atoms with van der Waals surface area (Å²) in [6, 6.07) is 6.94. The van der Waals surface area contributed by atoms with Gasteiger partial charge in [0.25, 0.3) is 0 Å². The molecule has 0 radical (unpaired) electrons. The lowest BCUT2D eigenvalue weighted by molar-refractivity contribution is 0.339. The summed E-state index contributed by atoms with van der Waals surface area (Å²) in [5.74, 6) is 2.79. The standard InChI is InChI=1S/C16H16/c1-9-3-2-4-12-13(9)6-14-15(12)10-5-11-8-16(11,14)7-10/h2-5,11,14-15H,6-8H2,1H3. The van der Waals surface area contributed by atoms with E-state index in [2.05, 4.69) is 31.2 Å². The minimum Gasteiger partial charge on any atom is -0.0810 e. The third-order valence-electron chi connectivity index (χ3n) is 5.87. The second kappa shape index (κ2) is 2.16. The maximum atomic E-state index is 2.62. The molecular weight excluding hydrogens is 192 g/mol. The number of rotatable bonds is 0. The van der Waals surface area contributed by atoms with E-state index in [-0.39, 0.29) is 0 Å². The third-order valence-corrected chi connectivity index (χ3v) is 5.87. The summed E-state index contributed by atoms with van der Waals surface area (Å²) in [5.41, 5.74) is 7.45. The summed E-state index contributed by atoms with van der Waals surface area (Å²) in [5, 5.41) is 0. The number of fused-ring (bicyclic) bond motifs is 5. The summed E-state index contributed by atoms with van der Waals surface area (Å²) in [6.45, 7) is 2.29. The number of aryl methyl sites for hydroxylation is 1. The normalized spacial score (nSPS) is 45.1. The van der Waals surface area contributed by atoms with E-state index in [1.165, 1.54) is 24.8 Å².